The van der Waals surface area contributed by atoms with Gasteiger partial charge < -0.3 is 4.90 Å². The summed E-state index contributed by atoms with van der Waals surface area (Å²) in [6.07, 6.45) is 6.29. The molecule has 1 heterocycles. The van der Waals surface area contributed by atoms with Gasteiger partial charge >= 0.3 is 0 Å². The van der Waals surface area contributed by atoms with Crippen LogP contribution >= 0.6 is 11.3 Å². The maximum Gasteiger partial charge on any atom is 0.0555 e. The lowest BCUT2D eigenvalue weighted by Crippen LogP contribution is -2.28. The molecule has 9 aromatic rings. The lowest BCUT2D eigenvalue weighted by atomic mass is 9.68. The van der Waals surface area contributed by atoms with Crippen molar-refractivity contribution in [1.29, 1.82) is 0 Å². The fourth-order valence-electron chi connectivity index (χ4n) is 11.4. The summed E-state index contributed by atoms with van der Waals surface area (Å²) < 4.78 is 2.67. The number of thiophene rings is 1. The van der Waals surface area contributed by atoms with E-state index in [0.29, 0.717) is 0 Å². The van der Waals surface area contributed by atoms with Gasteiger partial charge in [-0.2, -0.15) is 0 Å². The van der Waals surface area contributed by atoms with Crippen LogP contribution in [0.1, 0.15) is 68.2 Å². The third-order valence-corrected chi connectivity index (χ3v) is 15.0. The first-order valence-electron chi connectivity index (χ1n) is 20.7. The molecule has 2 heteroatoms. The molecule has 3 aliphatic rings. The molecule has 0 unspecified atom stereocenters. The van der Waals surface area contributed by atoms with Crippen LogP contribution in [0.15, 0.2) is 164 Å². The van der Waals surface area contributed by atoms with Gasteiger partial charge in [0.25, 0.3) is 0 Å². The predicted molar refractivity (Wildman–Crippen MR) is 244 cm³/mol. The van der Waals surface area contributed by atoms with Crippen LogP contribution in [0.2, 0.25) is 0 Å². The van der Waals surface area contributed by atoms with E-state index < -0.39 is 0 Å². The fraction of sp³-hybridized carbons (Fsp3) is 0.164. The van der Waals surface area contributed by atoms with Crippen molar-refractivity contribution in [3.63, 3.8) is 0 Å². The maximum atomic E-state index is 2.62. The summed E-state index contributed by atoms with van der Waals surface area (Å²) in [6.45, 7) is 4.82. The van der Waals surface area contributed by atoms with Gasteiger partial charge in [0.15, 0.2) is 0 Å². The fourth-order valence-corrected chi connectivity index (χ4v) is 12.6. The number of fused-ring (bicyclic) bond motifs is 13. The lowest BCUT2D eigenvalue weighted by Gasteiger charge is -2.37. The second-order valence-electron chi connectivity index (χ2n) is 17.1. The second kappa shape index (κ2) is 12.3. The van der Waals surface area contributed by atoms with Crippen LogP contribution in [0.4, 0.5) is 17.1 Å². The first-order chi connectivity index (χ1) is 28.0. The summed E-state index contributed by atoms with van der Waals surface area (Å²) in [4.78, 5) is 2.62. The van der Waals surface area contributed by atoms with Crippen LogP contribution in [-0.4, -0.2) is 0 Å². The summed E-state index contributed by atoms with van der Waals surface area (Å²) >= 11 is 1.93. The maximum absolute atomic E-state index is 2.62. The molecule has 1 saturated carbocycles. The monoisotopic (exact) mass is 749 g/mol. The predicted octanol–water partition coefficient (Wildman–Crippen LogP) is 15.9. The molecule has 0 amide bonds. The Morgan fingerprint density at radius 1 is 0.474 bits per heavy atom. The van der Waals surface area contributed by atoms with Crippen molar-refractivity contribution in [1.82, 2.24) is 0 Å². The summed E-state index contributed by atoms with van der Waals surface area (Å²) in [6, 6.07) is 62.4. The largest absolute Gasteiger partial charge is 0.309 e. The summed E-state index contributed by atoms with van der Waals surface area (Å²) in [5, 5.41) is 5.25. The highest BCUT2D eigenvalue weighted by Gasteiger charge is 2.44. The van der Waals surface area contributed by atoms with Gasteiger partial charge in [-0.3, -0.25) is 0 Å². The van der Waals surface area contributed by atoms with Crippen LogP contribution in [-0.2, 0) is 10.8 Å². The molecule has 1 spiro atoms. The van der Waals surface area contributed by atoms with E-state index >= 15 is 0 Å². The molecule has 0 atom stereocenters. The van der Waals surface area contributed by atoms with Crippen molar-refractivity contribution in [2.75, 3.05) is 4.90 Å². The molecule has 8 aromatic carbocycles. The number of nitrogens with zero attached hydrogens (tertiary/aromatic N) is 1. The van der Waals surface area contributed by atoms with Crippen LogP contribution in [0.3, 0.4) is 0 Å². The van der Waals surface area contributed by atoms with Crippen molar-refractivity contribution in [2.45, 2.75) is 56.8 Å². The van der Waals surface area contributed by atoms with E-state index in [1.807, 2.05) is 11.3 Å². The smallest absolute Gasteiger partial charge is 0.0555 e. The molecular weight excluding hydrogens is 707 g/mol. The van der Waals surface area contributed by atoms with E-state index in [2.05, 4.69) is 183 Å². The lowest BCUT2D eigenvalue weighted by molar-refractivity contribution is 0.353. The van der Waals surface area contributed by atoms with Crippen molar-refractivity contribution in [2.24, 2.45) is 0 Å². The first-order valence-corrected chi connectivity index (χ1v) is 21.5. The van der Waals surface area contributed by atoms with Gasteiger partial charge in [0.1, 0.15) is 0 Å². The number of hydrogen-bond acceptors (Lipinski definition) is 2. The Hall–Kier alpha value is -5.96. The third kappa shape index (κ3) is 4.62. The number of benzene rings is 8. The Kier molecular flexibility index (Phi) is 7.15. The van der Waals surface area contributed by atoms with Gasteiger partial charge in [-0.25, -0.2) is 0 Å². The average molecular weight is 750 g/mol. The van der Waals surface area contributed by atoms with Crippen LogP contribution < -0.4 is 4.90 Å². The standard InChI is InChI=1S/C55H43NS/c1-54(2)45-23-9-6-19-39(45)42-21-14-22-43(52(42)54)41-20-8-11-25-48(41)56(49-26-15-27-50-51(49)44-30-28-35-16-4-5-17-37(35)53(44)57-50)36-29-31-40-38-18-7-10-24-46(38)55(47(40)34-36)32-12-3-13-33-55/h4-11,14-31,34H,3,12-13,32-33H2,1-2H3. The van der Waals surface area contributed by atoms with Crippen LogP contribution in [0.5, 0.6) is 0 Å². The Morgan fingerprint density at radius 2 is 1.11 bits per heavy atom. The Labute approximate surface area is 338 Å². The molecule has 1 nitrogen and oxygen atoms in total. The van der Waals surface area contributed by atoms with Gasteiger partial charge in [-0.1, -0.05) is 167 Å². The molecule has 0 N–H and O–H groups in total. The molecule has 0 radical (unpaired) electrons. The van der Waals surface area contributed by atoms with Crippen LogP contribution in [0, 0.1) is 0 Å². The molecule has 274 valence electrons. The first kappa shape index (κ1) is 33.2. The topological polar surface area (TPSA) is 3.24 Å². The minimum Gasteiger partial charge on any atom is -0.309 e. The molecular formula is C55H43NS. The number of hydrogen-bond donors (Lipinski definition) is 0. The molecule has 3 aliphatic carbocycles. The van der Waals surface area contributed by atoms with E-state index in [4.69, 9.17) is 0 Å². The Bertz CT molecular complexity index is 3100. The minimum absolute atomic E-state index is 0.0570. The van der Waals surface area contributed by atoms with Gasteiger partial charge in [0.05, 0.1) is 11.4 Å². The van der Waals surface area contributed by atoms with Crippen molar-refractivity contribution in [3.05, 3.63) is 186 Å². The molecule has 12 rings (SSSR count). The molecule has 0 aliphatic heterocycles. The zero-order valence-electron chi connectivity index (χ0n) is 32.5. The number of para-hydroxylation sites is 1. The summed E-state index contributed by atoms with van der Waals surface area (Å²) in [5.41, 5.74) is 17.5. The van der Waals surface area contributed by atoms with Crippen molar-refractivity contribution >= 4 is 59.3 Å². The van der Waals surface area contributed by atoms with Gasteiger partial charge in [0, 0.05) is 42.3 Å². The highest BCUT2D eigenvalue weighted by molar-refractivity contribution is 7.26. The third-order valence-electron chi connectivity index (χ3n) is 13.8. The van der Waals surface area contributed by atoms with E-state index in [1.165, 1.54) is 136 Å². The van der Waals surface area contributed by atoms with E-state index in [9.17, 15) is 0 Å². The normalized spacial score (nSPS) is 15.8. The van der Waals surface area contributed by atoms with Crippen molar-refractivity contribution in [3.8, 4) is 33.4 Å². The van der Waals surface area contributed by atoms with E-state index in [0.717, 1.165) is 0 Å². The molecule has 1 aromatic heterocycles. The molecule has 57 heavy (non-hydrogen) atoms. The Morgan fingerprint density at radius 3 is 1.95 bits per heavy atom. The van der Waals surface area contributed by atoms with E-state index in [1.54, 1.807) is 0 Å². The van der Waals surface area contributed by atoms with Gasteiger partial charge in [-0.05, 0) is 104 Å². The van der Waals surface area contributed by atoms with E-state index in [-0.39, 0.29) is 10.8 Å². The number of anilines is 3. The number of rotatable bonds is 4. The highest BCUT2D eigenvalue weighted by atomic mass is 32.1. The quantitative estimate of drug-likeness (QED) is 0.173. The zero-order valence-corrected chi connectivity index (χ0v) is 33.3. The van der Waals surface area contributed by atoms with Gasteiger partial charge in [0.2, 0.25) is 0 Å². The molecule has 1 fully saturated rings. The summed E-state index contributed by atoms with van der Waals surface area (Å²) in [5.74, 6) is 0. The Balaban J connectivity index is 1.15. The minimum atomic E-state index is -0.141. The zero-order chi connectivity index (χ0) is 37.9. The second-order valence-corrected chi connectivity index (χ2v) is 18.1. The molecule has 0 saturated heterocycles. The van der Waals surface area contributed by atoms with Crippen molar-refractivity contribution < 1.29 is 0 Å². The average Bonchev–Trinajstić information content (AvgIpc) is 3.86. The molecule has 0 bridgehead atoms. The van der Waals surface area contributed by atoms with Gasteiger partial charge in [-0.15, -0.1) is 11.3 Å². The summed E-state index contributed by atoms with van der Waals surface area (Å²) in [7, 11) is 0. The highest BCUT2D eigenvalue weighted by Crippen LogP contribution is 2.59. The van der Waals surface area contributed by atoms with Crippen LogP contribution in [0.25, 0.3) is 64.3 Å². The SMILES string of the molecule is CC1(C)c2ccccc2-c2cccc(-c3ccccc3N(c3ccc4c(c3)C3(CCCCC3)c3ccccc3-4)c3cccc4sc5c6ccccc6ccc5c34)c21.